The van der Waals surface area contributed by atoms with E-state index in [-0.39, 0.29) is 11.8 Å². The third-order valence-corrected chi connectivity index (χ3v) is 4.91. The minimum absolute atomic E-state index is 0.0149. The second kappa shape index (κ2) is 9.75. The van der Waals surface area contributed by atoms with Crippen molar-refractivity contribution in [1.82, 2.24) is 10.2 Å². The maximum absolute atomic E-state index is 12.4. The number of rotatable bonds is 8. The highest BCUT2D eigenvalue weighted by Gasteiger charge is 2.11. The lowest BCUT2D eigenvalue weighted by atomic mass is 10.2. The summed E-state index contributed by atoms with van der Waals surface area (Å²) < 4.78 is 0. The van der Waals surface area contributed by atoms with E-state index in [9.17, 15) is 9.59 Å². The van der Waals surface area contributed by atoms with Gasteiger partial charge in [0.25, 0.3) is 5.91 Å². The van der Waals surface area contributed by atoms with E-state index < -0.39 is 0 Å². The molecule has 144 valence electrons. The van der Waals surface area contributed by atoms with E-state index in [1.165, 1.54) is 11.3 Å². The molecule has 0 aliphatic rings. The van der Waals surface area contributed by atoms with Crippen LogP contribution in [-0.4, -0.2) is 22.0 Å². The van der Waals surface area contributed by atoms with Crippen LogP contribution in [0.4, 0.5) is 10.8 Å². The molecule has 0 saturated carbocycles. The van der Waals surface area contributed by atoms with Gasteiger partial charge in [-0.1, -0.05) is 55.0 Å². The quantitative estimate of drug-likeness (QED) is 0.589. The summed E-state index contributed by atoms with van der Waals surface area (Å²) >= 11 is 1.36. The molecule has 1 heterocycles. The fourth-order valence-electron chi connectivity index (χ4n) is 2.58. The lowest BCUT2D eigenvalue weighted by Gasteiger charge is -2.06. The lowest BCUT2D eigenvalue weighted by molar-refractivity contribution is -0.116. The van der Waals surface area contributed by atoms with Gasteiger partial charge in [-0.2, -0.15) is 0 Å². The van der Waals surface area contributed by atoms with Crippen LogP contribution in [0.15, 0.2) is 54.6 Å². The van der Waals surface area contributed by atoms with E-state index in [1.807, 2.05) is 37.3 Å². The first kappa shape index (κ1) is 19.7. The molecule has 0 aliphatic heterocycles. The number of amides is 2. The number of aromatic nitrogens is 2. The summed E-state index contributed by atoms with van der Waals surface area (Å²) in [7, 11) is 0. The average Bonchev–Trinajstić information content (AvgIpc) is 3.14. The lowest BCUT2D eigenvalue weighted by Crippen LogP contribution is -2.13. The van der Waals surface area contributed by atoms with Crippen LogP contribution in [0.3, 0.4) is 0 Å². The molecule has 28 heavy (non-hydrogen) atoms. The topological polar surface area (TPSA) is 84.0 Å². The summed E-state index contributed by atoms with van der Waals surface area (Å²) in [5.74, 6) is -0.273. The molecule has 3 aromatic rings. The summed E-state index contributed by atoms with van der Waals surface area (Å²) in [5, 5.41) is 15.1. The van der Waals surface area contributed by atoms with Crippen LogP contribution >= 0.6 is 11.3 Å². The third-order valence-electron chi connectivity index (χ3n) is 4.07. The minimum Gasteiger partial charge on any atom is -0.326 e. The molecule has 0 atom stereocenters. The van der Waals surface area contributed by atoms with Crippen LogP contribution < -0.4 is 10.6 Å². The fourth-order valence-corrected chi connectivity index (χ4v) is 3.35. The molecule has 1 aromatic heterocycles. The zero-order valence-electron chi connectivity index (χ0n) is 15.6. The van der Waals surface area contributed by atoms with Gasteiger partial charge in [0.15, 0.2) is 0 Å². The molecular formula is C21H22N4O2S. The molecule has 2 N–H and O–H groups in total. The minimum atomic E-state index is -0.258. The molecule has 0 aliphatic carbocycles. The number of anilines is 2. The summed E-state index contributed by atoms with van der Waals surface area (Å²) in [6.07, 6.45) is 3.02. The molecule has 7 heteroatoms. The van der Waals surface area contributed by atoms with E-state index in [2.05, 4.69) is 20.8 Å². The first-order valence-electron chi connectivity index (χ1n) is 9.21. The van der Waals surface area contributed by atoms with Crippen molar-refractivity contribution in [2.45, 2.75) is 32.6 Å². The van der Waals surface area contributed by atoms with E-state index in [0.29, 0.717) is 29.2 Å². The molecular weight excluding hydrogens is 372 g/mol. The van der Waals surface area contributed by atoms with E-state index in [0.717, 1.165) is 23.4 Å². The van der Waals surface area contributed by atoms with Crippen molar-refractivity contribution >= 4 is 34.0 Å². The number of hydrogen-bond donors (Lipinski definition) is 2. The molecule has 0 bridgehead atoms. The van der Waals surface area contributed by atoms with Crippen molar-refractivity contribution < 1.29 is 9.59 Å². The number of nitrogens with one attached hydrogen (secondary N) is 2. The van der Waals surface area contributed by atoms with Crippen LogP contribution in [-0.2, 0) is 11.2 Å². The van der Waals surface area contributed by atoms with Gasteiger partial charge in [-0.15, -0.1) is 10.2 Å². The molecule has 3 rings (SSSR count). The van der Waals surface area contributed by atoms with E-state index >= 15 is 0 Å². The van der Waals surface area contributed by atoms with Crippen molar-refractivity contribution in [2.24, 2.45) is 0 Å². The predicted octanol–water partition coefficient (Wildman–Crippen LogP) is 4.51. The van der Waals surface area contributed by atoms with Crippen molar-refractivity contribution in [3.8, 4) is 0 Å². The number of carbonyl (C=O) groups excluding carboxylic acids is 2. The molecule has 0 saturated heterocycles. The zero-order valence-corrected chi connectivity index (χ0v) is 16.5. The molecule has 0 radical (unpaired) electrons. The first-order chi connectivity index (χ1) is 13.6. The molecule has 0 fully saturated rings. The predicted molar refractivity (Wildman–Crippen MR) is 112 cm³/mol. The number of unbranched alkanes of at least 4 members (excludes halogenated alkanes) is 1. The van der Waals surface area contributed by atoms with Crippen LogP contribution in [0, 0.1) is 0 Å². The van der Waals surface area contributed by atoms with Gasteiger partial charge in [0, 0.05) is 24.1 Å². The van der Waals surface area contributed by atoms with Crippen LogP contribution in [0.1, 0.15) is 47.1 Å². The second-order valence-corrected chi connectivity index (χ2v) is 7.41. The Hall–Kier alpha value is -3.06. The number of benzene rings is 2. The van der Waals surface area contributed by atoms with Gasteiger partial charge in [0.05, 0.1) is 0 Å². The SMILES string of the molecule is CCCCC(=O)Nc1ccc(C(=O)Nc2nnc(Cc3ccccc3)s2)cc1. The summed E-state index contributed by atoms with van der Waals surface area (Å²) in [6, 6.07) is 16.8. The van der Waals surface area contributed by atoms with Crippen LogP contribution in [0.5, 0.6) is 0 Å². The Labute approximate surface area is 168 Å². The first-order valence-corrected chi connectivity index (χ1v) is 10.0. The summed E-state index contributed by atoms with van der Waals surface area (Å²) in [6.45, 7) is 2.04. The monoisotopic (exact) mass is 394 g/mol. The highest BCUT2D eigenvalue weighted by molar-refractivity contribution is 7.15. The number of hydrogen-bond acceptors (Lipinski definition) is 5. The van der Waals surface area contributed by atoms with Gasteiger partial charge in [-0.3, -0.25) is 14.9 Å². The van der Waals surface area contributed by atoms with Crippen LogP contribution in [0.25, 0.3) is 0 Å². The van der Waals surface area contributed by atoms with Crippen molar-refractivity contribution in [3.63, 3.8) is 0 Å². The maximum Gasteiger partial charge on any atom is 0.257 e. The Bertz CT molecular complexity index is 923. The Morgan fingerprint density at radius 1 is 0.964 bits per heavy atom. The van der Waals surface area contributed by atoms with Gasteiger partial charge < -0.3 is 5.32 Å². The average molecular weight is 395 g/mol. The van der Waals surface area contributed by atoms with Crippen LogP contribution in [0.2, 0.25) is 0 Å². The highest BCUT2D eigenvalue weighted by Crippen LogP contribution is 2.19. The van der Waals surface area contributed by atoms with E-state index in [1.54, 1.807) is 24.3 Å². The molecule has 0 unspecified atom stereocenters. The summed E-state index contributed by atoms with van der Waals surface area (Å²) in [4.78, 5) is 24.2. The smallest absolute Gasteiger partial charge is 0.257 e. The molecule has 0 spiro atoms. The van der Waals surface area contributed by atoms with Gasteiger partial charge in [-0.05, 0) is 36.2 Å². The molecule has 2 amide bonds. The summed E-state index contributed by atoms with van der Waals surface area (Å²) in [5.41, 5.74) is 2.32. The Kier molecular flexibility index (Phi) is 6.86. The van der Waals surface area contributed by atoms with Gasteiger partial charge >= 0.3 is 0 Å². The third kappa shape index (κ3) is 5.72. The number of nitrogens with zero attached hydrogens (tertiary/aromatic N) is 2. The fraction of sp³-hybridized carbons (Fsp3) is 0.238. The Balaban J connectivity index is 1.55. The van der Waals surface area contributed by atoms with Gasteiger partial charge in [0.1, 0.15) is 5.01 Å². The normalized spacial score (nSPS) is 10.5. The van der Waals surface area contributed by atoms with Crippen molar-refractivity contribution in [1.29, 1.82) is 0 Å². The van der Waals surface area contributed by atoms with E-state index in [4.69, 9.17) is 0 Å². The number of carbonyl (C=O) groups is 2. The second-order valence-electron chi connectivity index (χ2n) is 6.35. The molecule has 2 aromatic carbocycles. The zero-order chi connectivity index (χ0) is 19.8. The Morgan fingerprint density at radius 2 is 1.71 bits per heavy atom. The van der Waals surface area contributed by atoms with Gasteiger partial charge in [0.2, 0.25) is 11.0 Å². The Morgan fingerprint density at radius 3 is 2.43 bits per heavy atom. The van der Waals surface area contributed by atoms with Crippen molar-refractivity contribution in [2.75, 3.05) is 10.6 Å². The highest BCUT2D eigenvalue weighted by atomic mass is 32.1. The largest absolute Gasteiger partial charge is 0.326 e. The maximum atomic E-state index is 12.4. The molecule has 6 nitrogen and oxygen atoms in total. The van der Waals surface area contributed by atoms with Gasteiger partial charge in [-0.25, -0.2) is 0 Å². The standard InChI is InChI=1S/C21H22N4O2S/c1-2-3-9-18(26)22-17-12-10-16(11-13-17)20(27)23-21-25-24-19(28-21)14-15-7-5-4-6-8-15/h4-8,10-13H,2-3,9,14H2,1H3,(H,22,26)(H,23,25,27). The van der Waals surface area contributed by atoms with Crippen molar-refractivity contribution in [3.05, 3.63) is 70.7 Å².